The van der Waals surface area contributed by atoms with Crippen LogP contribution in [0.1, 0.15) is 39.0 Å². The third kappa shape index (κ3) is 2.51. The van der Waals surface area contributed by atoms with Gasteiger partial charge in [0.1, 0.15) is 0 Å². The number of hydrogen-bond acceptors (Lipinski definition) is 2. The highest BCUT2D eigenvalue weighted by molar-refractivity contribution is 6.69. The number of hydrogen-bond donors (Lipinski definition) is 0. The van der Waals surface area contributed by atoms with Gasteiger partial charge in [0, 0.05) is 13.0 Å². The van der Waals surface area contributed by atoms with Crippen LogP contribution in [-0.4, -0.2) is 21.2 Å². The van der Waals surface area contributed by atoms with Crippen LogP contribution in [0.5, 0.6) is 0 Å². The Labute approximate surface area is 107 Å². The molecule has 17 heavy (non-hydrogen) atoms. The third-order valence-electron chi connectivity index (χ3n) is 3.89. The van der Waals surface area contributed by atoms with E-state index in [-0.39, 0.29) is 5.79 Å². The van der Waals surface area contributed by atoms with E-state index in [1.165, 1.54) is 37.7 Å². The van der Waals surface area contributed by atoms with Crippen LogP contribution < -0.4 is 0 Å². The van der Waals surface area contributed by atoms with Crippen LogP contribution in [0.25, 0.3) is 0 Å². The van der Waals surface area contributed by atoms with Crippen molar-refractivity contribution < 1.29 is 9.16 Å². The lowest BCUT2D eigenvalue weighted by Gasteiger charge is -2.26. The topological polar surface area (TPSA) is 18.5 Å². The molecule has 3 heteroatoms. The Bertz CT molecular complexity index is 322. The van der Waals surface area contributed by atoms with Crippen molar-refractivity contribution in [2.75, 3.05) is 7.11 Å². The SMILES string of the molecule is COC1(O[Si](C)(C)C)C(=C2CCCCC2)C1C. The van der Waals surface area contributed by atoms with E-state index < -0.39 is 8.32 Å². The normalized spacial score (nSPS) is 34.1. The lowest BCUT2D eigenvalue weighted by atomic mass is 9.94. The monoisotopic (exact) mass is 254 g/mol. The molecule has 0 heterocycles. The number of ether oxygens (including phenoxy) is 1. The maximum absolute atomic E-state index is 6.32. The van der Waals surface area contributed by atoms with Crippen molar-refractivity contribution in [3.63, 3.8) is 0 Å². The van der Waals surface area contributed by atoms with Crippen LogP contribution in [0.3, 0.4) is 0 Å². The fourth-order valence-corrected chi connectivity index (χ4v) is 4.43. The maximum Gasteiger partial charge on any atom is 0.188 e. The minimum atomic E-state index is -1.56. The van der Waals surface area contributed by atoms with Crippen LogP contribution in [0.15, 0.2) is 11.1 Å². The summed E-state index contributed by atoms with van der Waals surface area (Å²) < 4.78 is 12.1. The fraction of sp³-hybridized carbons (Fsp3) is 0.857. The fourth-order valence-electron chi connectivity index (χ4n) is 3.15. The standard InChI is InChI=1S/C14H26O2Si/c1-11-13(12-9-7-6-8-10-12)14(11,15-2)16-17(3,4)5/h11H,6-10H2,1-5H3. The number of allylic oxidation sites excluding steroid dienone is 1. The van der Waals surface area contributed by atoms with Crippen LogP contribution in [-0.2, 0) is 9.16 Å². The molecule has 2 rings (SSSR count). The van der Waals surface area contributed by atoms with Crippen molar-refractivity contribution in [2.24, 2.45) is 5.92 Å². The van der Waals surface area contributed by atoms with E-state index in [1.54, 1.807) is 12.7 Å². The number of rotatable bonds is 3. The number of methoxy groups -OCH3 is 1. The molecule has 0 N–H and O–H groups in total. The first kappa shape index (κ1) is 13.3. The second-order valence-corrected chi connectivity index (χ2v) is 10.8. The van der Waals surface area contributed by atoms with Gasteiger partial charge in [0.15, 0.2) is 14.1 Å². The van der Waals surface area contributed by atoms with E-state index in [9.17, 15) is 0 Å². The molecule has 0 radical (unpaired) electrons. The van der Waals surface area contributed by atoms with Gasteiger partial charge in [-0.15, -0.1) is 0 Å². The lowest BCUT2D eigenvalue weighted by molar-refractivity contribution is -0.0873. The molecule has 0 aliphatic heterocycles. The highest BCUT2D eigenvalue weighted by Gasteiger charge is 2.62. The molecule has 2 aliphatic rings. The summed E-state index contributed by atoms with van der Waals surface area (Å²) in [6.45, 7) is 8.96. The highest BCUT2D eigenvalue weighted by atomic mass is 28.4. The van der Waals surface area contributed by atoms with Gasteiger partial charge in [0.25, 0.3) is 0 Å². The third-order valence-corrected chi connectivity index (χ3v) is 4.81. The summed E-state index contributed by atoms with van der Waals surface area (Å²) in [6, 6.07) is 0. The first-order chi connectivity index (χ1) is 7.91. The zero-order chi connectivity index (χ0) is 12.7. The molecule has 0 amide bonds. The molecular weight excluding hydrogens is 228 g/mol. The van der Waals surface area contributed by atoms with E-state index in [0.717, 1.165) is 0 Å². The predicted octanol–water partition coefficient (Wildman–Crippen LogP) is 4.09. The molecule has 0 saturated heterocycles. The highest BCUT2D eigenvalue weighted by Crippen LogP contribution is 2.57. The van der Waals surface area contributed by atoms with Gasteiger partial charge in [0.2, 0.25) is 0 Å². The summed E-state index contributed by atoms with van der Waals surface area (Å²) in [5.41, 5.74) is 3.10. The lowest BCUT2D eigenvalue weighted by Crippen LogP contribution is -2.36. The van der Waals surface area contributed by atoms with Gasteiger partial charge in [0.05, 0.1) is 0 Å². The molecule has 0 aromatic heterocycles. The van der Waals surface area contributed by atoms with Crippen molar-refractivity contribution in [1.82, 2.24) is 0 Å². The van der Waals surface area contributed by atoms with E-state index in [1.807, 2.05) is 0 Å². The van der Waals surface area contributed by atoms with Gasteiger partial charge in [-0.05, 0) is 50.9 Å². The van der Waals surface area contributed by atoms with Crippen molar-refractivity contribution in [1.29, 1.82) is 0 Å². The van der Waals surface area contributed by atoms with Crippen molar-refractivity contribution in [2.45, 2.75) is 64.5 Å². The quantitative estimate of drug-likeness (QED) is 0.429. The smallest absolute Gasteiger partial charge is 0.188 e. The Morgan fingerprint density at radius 3 is 2.18 bits per heavy atom. The predicted molar refractivity (Wildman–Crippen MR) is 73.4 cm³/mol. The van der Waals surface area contributed by atoms with Gasteiger partial charge in [-0.2, -0.15) is 0 Å². The minimum absolute atomic E-state index is 0.350. The summed E-state index contributed by atoms with van der Waals surface area (Å²) in [4.78, 5) is 0. The second-order valence-electron chi connectivity index (χ2n) is 6.39. The van der Waals surface area contributed by atoms with E-state index in [2.05, 4.69) is 26.6 Å². The molecular formula is C14H26O2Si. The largest absolute Gasteiger partial charge is 0.387 e. The van der Waals surface area contributed by atoms with Crippen LogP contribution >= 0.6 is 0 Å². The zero-order valence-electron chi connectivity index (χ0n) is 11.9. The Hall–Kier alpha value is -0.123. The molecule has 2 aliphatic carbocycles. The van der Waals surface area contributed by atoms with Gasteiger partial charge in [-0.25, -0.2) is 0 Å². The summed E-state index contributed by atoms with van der Waals surface area (Å²) in [6.07, 6.45) is 6.61. The molecule has 0 spiro atoms. The average Bonchev–Trinajstić information content (AvgIpc) is 2.82. The van der Waals surface area contributed by atoms with Gasteiger partial charge >= 0.3 is 0 Å². The average molecular weight is 254 g/mol. The van der Waals surface area contributed by atoms with Crippen LogP contribution in [0.2, 0.25) is 19.6 Å². The van der Waals surface area contributed by atoms with E-state index in [4.69, 9.17) is 9.16 Å². The molecule has 0 aromatic rings. The van der Waals surface area contributed by atoms with Crippen molar-refractivity contribution in [3.8, 4) is 0 Å². The first-order valence-electron chi connectivity index (χ1n) is 6.88. The van der Waals surface area contributed by atoms with Crippen LogP contribution in [0.4, 0.5) is 0 Å². The second kappa shape index (κ2) is 4.52. The van der Waals surface area contributed by atoms with E-state index in [0.29, 0.717) is 5.92 Å². The Kier molecular flexibility index (Phi) is 3.54. The Balaban J connectivity index is 2.20. The minimum Gasteiger partial charge on any atom is -0.387 e. The summed E-state index contributed by atoms with van der Waals surface area (Å²) >= 11 is 0. The molecule has 98 valence electrons. The molecule has 2 unspecified atom stereocenters. The van der Waals surface area contributed by atoms with E-state index >= 15 is 0 Å². The Morgan fingerprint density at radius 1 is 1.12 bits per heavy atom. The molecule has 2 atom stereocenters. The molecule has 2 fully saturated rings. The summed E-state index contributed by atoms with van der Waals surface area (Å²) in [7, 11) is 0.241. The molecule has 2 saturated carbocycles. The first-order valence-corrected chi connectivity index (χ1v) is 10.3. The van der Waals surface area contributed by atoms with Gasteiger partial charge in [-0.3, -0.25) is 0 Å². The summed E-state index contributed by atoms with van der Waals surface area (Å²) in [5.74, 6) is 0.115. The zero-order valence-corrected chi connectivity index (χ0v) is 12.9. The van der Waals surface area contributed by atoms with Gasteiger partial charge in [-0.1, -0.05) is 18.9 Å². The summed E-state index contributed by atoms with van der Waals surface area (Å²) in [5, 5.41) is 0. The van der Waals surface area contributed by atoms with Crippen LogP contribution in [0, 0.1) is 5.92 Å². The maximum atomic E-state index is 6.32. The Morgan fingerprint density at radius 2 is 1.71 bits per heavy atom. The van der Waals surface area contributed by atoms with Gasteiger partial charge < -0.3 is 9.16 Å². The van der Waals surface area contributed by atoms with Crippen molar-refractivity contribution in [3.05, 3.63) is 11.1 Å². The molecule has 0 bridgehead atoms. The molecule has 2 nitrogen and oxygen atoms in total. The molecule has 0 aromatic carbocycles. The van der Waals surface area contributed by atoms with Crippen molar-refractivity contribution >= 4 is 8.32 Å².